The topological polar surface area (TPSA) is 21.7 Å². The van der Waals surface area contributed by atoms with Crippen LogP contribution < -0.4 is 9.47 Å². The summed E-state index contributed by atoms with van der Waals surface area (Å²) in [5.74, 6) is 1.69. The predicted octanol–water partition coefficient (Wildman–Crippen LogP) is 5.28. The molecule has 0 N–H and O–H groups in total. The summed E-state index contributed by atoms with van der Waals surface area (Å²) in [6.07, 6.45) is 4.39. The van der Waals surface area contributed by atoms with Gasteiger partial charge in [-0.1, -0.05) is 63.3 Å². The van der Waals surface area contributed by atoms with Gasteiger partial charge >= 0.3 is 0 Å². The Morgan fingerprint density at radius 1 is 1.00 bits per heavy atom. The van der Waals surface area contributed by atoms with Crippen LogP contribution in [0.15, 0.2) is 48.5 Å². The van der Waals surface area contributed by atoms with Crippen molar-refractivity contribution in [2.75, 3.05) is 20.4 Å². The van der Waals surface area contributed by atoms with Crippen molar-refractivity contribution in [2.45, 2.75) is 32.7 Å². The Hall–Kier alpha value is -1.97. The number of likely N-dealkylation sites (N-methyl/N-ethyl adjacent to an activating group) is 1. The van der Waals surface area contributed by atoms with E-state index in [1.54, 1.807) is 0 Å². The zero-order chi connectivity index (χ0) is 17.9. The summed E-state index contributed by atoms with van der Waals surface area (Å²) in [6, 6.07) is 15.0. The third-order valence-corrected chi connectivity index (χ3v) is 4.39. The van der Waals surface area contributed by atoms with E-state index >= 15 is 0 Å². The van der Waals surface area contributed by atoms with Gasteiger partial charge in [-0.15, -0.1) is 12.4 Å². The van der Waals surface area contributed by atoms with Gasteiger partial charge in [0.15, 0.2) is 11.5 Å². The van der Waals surface area contributed by atoms with Crippen molar-refractivity contribution in [3.05, 3.63) is 65.2 Å². The fraction of sp³-hybridized carbons (Fsp3) is 0.364. The van der Waals surface area contributed by atoms with Crippen LogP contribution in [0.25, 0.3) is 6.08 Å². The average Bonchev–Trinajstić information content (AvgIpc) is 3.02. The van der Waals surface area contributed by atoms with E-state index in [0.29, 0.717) is 6.79 Å². The molecule has 0 saturated heterocycles. The minimum absolute atomic E-state index is 0. The van der Waals surface area contributed by atoms with Gasteiger partial charge in [0, 0.05) is 13.1 Å². The second-order valence-electron chi connectivity index (χ2n) is 7.66. The highest BCUT2D eigenvalue weighted by Crippen LogP contribution is 2.32. The van der Waals surface area contributed by atoms with Gasteiger partial charge in [0.2, 0.25) is 6.79 Å². The Morgan fingerprint density at radius 3 is 2.38 bits per heavy atom. The predicted molar refractivity (Wildman–Crippen MR) is 110 cm³/mol. The molecule has 1 heterocycles. The first-order chi connectivity index (χ1) is 11.9. The first-order valence-electron chi connectivity index (χ1n) is 8.76. The van der Waals surface area contributed by atoms with Gasteiger partial charge < -0.3 is 9.47 Å². The molecule has 0 spiro atoms. The molecule has 0 amide bonds. The Kier molecular flexibility index (Phi) is 6.74. The van der Waals surface area contributed by atoms with Crippen LogP contribution in [-0.2, 0) is 12.0 Å². The molecule has 2 aromatic carbocycles. The van der Waals surface area contributed by atoms with Crippen LogP contribution in [0, 0.1) is 0 Å². The largest absolute Gasteiger partial charge is 0.454 e. The summed E-state index contributed by atoms with van der Waals surface area (Å²) >= 11 is 0. The van der Waals surface area contributed by atoms with Crippen LogP contribution in [0.4, 0.5) is 0 Å². The van der Waals surface area contributed by atoms with Gasteiger partial charge in [-0.25, -0.2) is 0 Å². The molecule has 2 aromatic rings. The van der Waals surface area contributed by atoms with Crippen molar-refractivity contribution in [1.82, 2.24) is 4.90 Å². The highest BCUT2D eigenvalue weighted by atomic mass is 35.5. The Bertz CT molecular complexity index is 748. The summed E-state index contributed by atoms with van der Waals surface area (Å²) in [7, 11) is 2.12. The molecule has 1 aliphatic heterocycles. The molecule has 0 aliphatic carbocycles. The maximum absolute atomic E-state index is 5.44. The maximum Gasteiger partial charge on any atom is 0.231 e. The third-order valence-electron chi connectivity index (χ3n) is 4.39. The zero-order valence-electron chi connectivity index (χ0n) is 16.0. The first-order valence-corrected chi connectivity index (χ1v) is 8.76. The van der Waals surface area contributed by atoms with Gasteiger partial charge in [-0.05, 0) is 41.3 Å². The van der Waals surface area contributed by atoms with E-state index in [1.807, 2.05) is 6.07 Å². The lowest BCUT2D eigenvalue weighted by Crippen LogP contribution is -2.17. The number of ether oxygens (including phenoxy) is 2. The van der Waals surface area contributed by atoms with Crippen molar-refractivity contribution in [1.29, 1.82) is 0 Å². The average molecular weight is 374 g/mol. The molecule has 4 heteroatoms. The second-order valence-corrected chi connectivity index (χ2v) is 7.66. The number of fused-ring (bicyclic) bond motifs is 1. The monoisotopic (exact) mass is 373 g/mol. The number of hydrogen-bond donors (Lipinski definition) is 0. The van der Waals surface area contributed by atoms with Crippen molar-refractivity contribution < 1.29 is 9.47 Å². The van der Waals surface area contributed by atoms with Gasteiger partial charge in [0.1, 0.15) is 0 Å². The van der Waals surface area contributed by atoms with Crippen LogP contribution in [0.3, 0.4) is 0 Å². The standard InChI is InChI=1S/C22H27NO2.ClH/c1-22(2,3)19-10-7-17(8-11-19)6-5-13-23(4)15-18-9-12-20-21(14-18)25-16-24-20;/h5-12,14H,13,15-16H2,1-4H3;1H/b6-5+;. The van der Waals surface area contributed by atoms with Crippen LogP contribution in [0.5, 0.6) is 11.5 Å². The lowest BCUT2D eigenvalue weighted by atomic mass is 9.87. The van der Waals surface area contributed by atoms with Crippen molar-refractivity contribution >= 4 is 18.5 Å². The summed E-state index contributed by atoms with van der Waals surface area (Å²) in [5, 5.41) is 0. The molecule has 0 aromatic heterocycles. The fourth-order valence-corrected chi connectivity index (χ4v) is 2.88. The quantitative estimate of drug-likeness (QED) is 0.711. The molecule has 140 valence electrons. The molecule has 26 heavy (non-hydrogen) atoms. The molecule has 3 rings (SSSR count). The SMILES string of the molecule is CN(C/C=C/c1ccc(C(C)(C)C)cc1)Cc1ccc2c(c1)OCO2.Cl. The van der Waals surface area contributed by atoms with Gasteiger partial charge in [0.05, 0.1) is 0 Å². The fourth-order valence-electron chi connectivity index (χ4n) is 2.88. The van der Waals surface area contributed by atoms with E-state index < -0.39 is 0 Å². The molecule has 0 atom stereocenters. The molecule has 3 nitrogen and oxygen atoms in total. The second kappa shape index (κ2) is 8.61. The van der Waals surface area contributed by atoms with E-state index in [1.165, 1.54) is 16.7 Å². The third kappa shape index (κ3) is 5.26. The molecular weight excluding hydrogens is 346 g/mol. The molecule has 0 unspecified atom stereocenters. The smallest absolute Gasteiger partial charge is 0.231 e. The van der Waals surface area contributed by atoms with Crippen molar-refractivity contribution in [2.24, 2.45) is 0 Å². The van der Waals surface area contributed by atoms with E-state index in [4.69, 9.17) is 9.47 Å². The number of halogens is 1. The number of nitrogens with zero attached hydrogens (tertiary/aromatic N) is 1. The molecule has 0 fully saturated rings. The molecular formula is C22H28ClNO2. The minimum Gasteiger partial charge on any atom is -0.454 e. The van der Waals surface area contributed by atoms with Crippen molar-refractivity contribution in [3.63, 3.8) is 0 Å². The van der Waals surface area contributed by atoms with Gasteiger partial charge in [0.25, 0.3) is 0 Å². The maximum atomic E-state index is 5.44. The van der Waals surface area contributed by atoms with E-state index in [2.05, 4.69) is 81.3 Å². The highest BCUT2D eigenvalue weighted by molar-refractivity contribution is 5.85. The summed E-state index contributed by atoms with van der Waals surface area (Å²) in [5.41, 5.74) is 4.04. The Labute approximate surface area is 163 Å². The molecule has 0 saturated carbocycles. The molecule has 1 aliphatic rings. The zero-order valence-corrected chi connectivity index (χ0v) is 16.8. The van der Waals surface area contributed by atoms with E-state index in [0.717, 1.165) is 24.6 Å². The Morgan fingerprint density at radius 2 is 1.69 bits per heavy atom. The van der Waals surface area contributed by atoms with Crippen LogP contribution in [0.1, 0.15) is 37.5 Å². The van der Waals surface area contributed by atoms with E-state index in [9.17, 15) is 0 Å². The normalized spacial score (nSPS) is 13.3. The first kappa shape index (κ1) is 20.3. The lowest BCUT2D eigenvalue weighted by molar-refractivity contribution is 0.174. The summed E-state index contributed by atoms with van der Waals surface area (Å²) < 4.78 is 10.8. The highest BCUT2D eigenvalue weighted by Gasteiger charge is 2.14. The molecule has 0 radical (unpaired) electrons. The summed E-state index contributed by atoms with van der Waals surface area (Å²) in [4.78, 5) is 2.28. The number of rotatable bonds is 5. The van der Waals surface area contributed by atoms with Crippen LogP contribution >= 0.6 is 12.4 Å². The Balaban J connectivity index is 0.00000243. The van der Waals surface area contributed by atoms with Gasteiger partial charge in [-0.2, -0.15) is 0 Å². The van der Waals surface area contributed by atoms with Gasteiger partial charge in [-0.3, -0.25) is 4.90 Å². The molecule has 0 bridgehead atoms. The van der Waals surface area contributed by atoms with Crippen molar-refractivity contribution in [3.8, 4) is 11.5 Å². The van der Waals surface area contributed by atoms with Crippen LogP contribution in [0.2, 0.25) is 0 Å². The lowest BCUT2D eigenvalue weighted by Gasteiger charge is -2.18. The minimum atomic E-state index is 0. The summed E-state index contributed by atoms with van der Waals surface area (Å²) in [6.45, 7) is 8.82. The number of hydrogen-bond acceptors (Lipinski definition) is 3. The number of benzene rings is 2. The van der Waals surface area contributed by atoms with E-state index in [-0.39, 0.29) is 17.8 Å². The van der Waals surface area contributed by atoms with Crippen LogP contribution in [-0.4, -0.2) is 25.3 Å².